The second-order valence-corrected chi connectivity index (χ2v) is 6.39. The fraction of sp³-hybridized carbons (Fsp3) is 0.421. The van der Waals surface area contributed by atoms with Crippen LogP contribution < -0.4 is 0 Å². The number of pyridine rings is 1. The average Bonchev–Trinajstić information content (AvgIpc) is 3.01. The van der Waals surface area contributed by atoms with E-state index < -0.39 is 18.5 Å². The number of aromatic nitrogens is 1. The van der Waals surface area contributed by atoms with Crippen molar-refractivity contribution in [3.63, 3.8) is 0 Å². The van der Waals surface area contributed by atoms with Gasteiger partial charge in [-0.3, -0.25) is 9.79 Å². The summed E-state index contributed by atoms with van der Waals surface area (Å²) in [6.07, 6.45) is -0.0937. The molecule has 0 radical (unpaired) electrons. The van der Waals surface area contributed by atoms with Crippen molar-refractivity contribution >= 4 is 18.2 Å². The Morgan fingerprint density at radius 1 is 1.44 bits per heavy atom. The normalized spacial score (nSPS) is 16.2. The maximum atomic E-state index is 13.1. The third kappa shape index (κ3) is 5.03. The summed E-state index contributed by atoms with van der Waals surface area (Å²) in [7, 11) is 0. The lowest BCUT2D eigenvalue weighted by Crippen LogP contribution is -2.26. The Hall–Kier alpha value is -2.48. The van der Waals surface area contributed by atoms with E-state index in [-0.39, 0.29) is 11.6 Å². The zero-order valence-electron chi connectivity index (χ0n) is 15.3. The summed E-state index contributed by atoms with van der Waals surface area (Å²) in [4.78, 5) is 21.0. The monoisotopic (exact) mass is 381 g/mol. The molecule has 5 nitrogen and oxygen atoms in total. The van der Waals surface area contributed by atoms with Crippen LogP contribution in [0.3, 0.4) is 0 Å². The van der Waals surface area contributed by atoms with Crippen LogP contribution in [0.2, 0.25) is 0 Å². The zero-order chi connectivity index (χ0) is 20.2. The lowest BCUT2D eigenvalue weighted by molar-refractivity contribution is -0.141. The van der Waals surface area contributed by atoms with Crippen molar-refractivity contribution in [3.8, 4) is 0 Å². The van der Waals surface area contributed by atoms with E-state index in [1.807, 2.05) is 0 Å². The van der Waals surface area contributed by atoms with Crippen molar-refractivity contribution in [3.05, 3.63) is 46.4 Å². The molecule has 0 atom stereocenters. The van der Waals surface area contributed by atoms with Crippen LogP contribution in [-0.2, 0) is 17.6 Å². The van der Waals surface area contributed by atoms with Gasteiger partial charge in [0, 0.05) is 18.5 Å². The highest BCUT2D eigenvalue weighted by Crippen LogP contribution is 2.31. The summed E-state index contributed by atoms with van der Waals surface area (Å²) >= 11 is 0. The van der Waals surface area contributed by atoms with Crippen LogP contribution in [0.4, 0.5) is 13.2 Å². The topological polar surface area (TPSA) is 65.8 Å². The van der Waals surface area contributed by atoms with E-state index in [0.717, 1.165) is 12.5 Å². The second kappa shape index (κ2) is 8.47. The van der Waals surface area contributed by atoms with Crippen LogP contribution in [0.5, 0.6) is 0 Å². The highest BCUT2D eigenvalue weighted by Gasteiger charge is 2.33. The molecule has 0 spiro atoms. The molecule has 1 aromatic heterocycles. The number of hydrogen-bond donors (Lipinski definition) is 1. The van der Waals surface area contributed by atoms with E-state index in [4.69, 9.17) is 0 Å². The summed E-state index contributed by atoms with van der Waals surface area (Å²) in [5.41, 5.74) is 0.709. The fourth-order valence-corrected chi connectivity index (χ4v) is 2.89. The number of aryl methyl sites for hydroxylation is 1. The lowest BCUT2D eigenvalue weighted by atomic mass is 10.0. The quantitative estimate of drug-likeness (QED) is 0.606. The number of allylic oxidation sites excluding steroid dienone is 3. The van der Waals surface area contributed by atoms with E-state index in [2.05, 4.69) is 16.7 Å². The summed E-state index contributed by atoms with van der Waals surface area (Å²) in [5.74, 6) is 0.0444. The van der Waals surface area contributed by atoms with Crippen LogP contribution in [0, 0.1) is 6.92 Å². The lowest BCUT2D eigenvalue weighted by Gasteiger charge is -2.16. The van der Waals surface area contributed by atoms with Crippen LogP contribution in [0.1, 0.15) is 42.3 Å². The molecule has 0 aromatic carbocycles. The van der Waals surface area contributed by atoms with E-state index in [0.29, 0.717) is 41.9 Å². The predicted molar refractivity (Wildman–Crippen MR) is 97.0 cm³/mol. The molecule has 1 fully saturated rings. The number of carbonyl (C=O) groups is 1. The number of nitrogens with zero attached hydrogens (tertiary/aromatic N) is 3. The van der Waals surface area contributed by atoms with E-state index in [1.54, 1.807) is 24.0 Å². The van der Waals surface area contributed by atoms with Crippen LogP contribution in [-0.4, -0.2) is 40.7 Å². The minimum atomic E-state index is -4.58. The van der Waals surface area contributed by atoms with Gasteiger partial charge >= 0.3 is 6.18 Å². The van der Waals surface area contributed by atoms with Gasteiger partial charge in [-0.2, -0.15) is 13.2 Å². The highest BCUT2D eigenvalue weighted by molar-refractivity contribution is 5.78. The number of carbonyl (C=O) groups excluding carboxylic acids is 1. The minimum absolute atomic E-state index is 0.0444. The Morgan fingerprint density at radius 2 is 2.15 bits per heavy atom. The molecule has 1 aliphatic rings. The zero-order valence-corrected chi connectivity index (χ0v) is 15.3. The summed E-state index contributed by atoms with van der Waals surface area (Å²) < 4.78 is 39.2. The molecule has 1 saturated heterocycles. The molecule has 1 aromatic rings. The molecular formula is C19H22F3N3O2. The number of aliphatic hydroxyl groups is 1. The maximum Gasteiger partial charge on any atom is 0.433 e. The van der Waals surface area contributed by atoms with Crippen molar-refractivity contribution in [2.75, 3.05) is 13.1 Å². The number of likely N-dealkylation sites (tertiary alicyclic amines) is 1. The van der Waals surface area contributed by atoms with E-state index in [9.17, 15) is 23.1 Å². The van der Waals surface area contributed by atoms with Crippen molar-refractivity contribution in [2.45, 2.75) is 39.5 Å². The van der Waals surface area contributed by atoms with Gasteiger partial charge in [-0.05, 0) is 50.3 Å². The van der Waals surface area contributed by atoms with Crippen molar-refractivity contribution in [1.29, 1.82) is 0 Å². The smallest absolute Gasteiger partial charge is 0.392 e. The minimum Gasteiger partial charge on any atom is -0.392 e. The van der Waals surface area contributed by atoms with E-state index >= 15 is 0 Å². The van der Waals surface area contributed by atoms with Gasteiger partial charge < -0.3 is 10.0 Å². The van der Waals surface area contributed by atoms with Gasteiger partial charge in [0.25, 0.3) is 0 Å². The molecule has 1 aliphatic heterocycles. The van der Waals surface area contributed by atoms with Gasteiger partial charge in [0.1, 0.15) is 5.69 Å². The first kappa shape index (κ1) is 20.8. The second-order valence-electron chi connectivity index (χ2n) is 6.39. The van der Waals surface area contributed by atoms with Crippen LogP contribution >= 0.6 is 0 Å². The van der Waals surface area contributed by atoms with Crippen LogP contribution in [0.15, 0.2) is 28.9 Å². The Bertz CT molecular complexity index is 798. The molecule has 0 bridgehead atoms. The first-order valence-electron chi connectivity index (χ1n) is 8.48. The number of aliphatic imine (C=N–C) groups is 1. The molecule has 146 valence electrons. The third-order valence-electron chi connectivity index (χ3n) is 4.42. The molecule has 0 aliphatic carbocycles. The molecule has 27 heavy (non-hydrogen) atoms. The number of alkyl halides is 3. The van der Waals surface area contributed by atoms with Gasteiger partial charge in [-0.25, -0.2) is 4.98 Å². The fourth-order valence-electron chi connectivity index (χ4n) is 2.89. The Balaban J connectivity index is 2.36. The van der Waals surface area contributed by atoms with Gasteiger partial charge in [0.2, 0.25) is 5.91 Å². The predicted octanol–water partition coefficient (Wildman–Crippen LogP) is 3.51. The molecule has 2 heterocycles. The largest absolute Gasteiger partial charge is 0.433 e. The SMILES string of the molecule is C=N/C(=C\C=C(/C)c1nc(C(F)(F)F)cc(C)c1CO)CN1CCCC1=O. The van der Waals surface area contributed by atoms with Gasteiger partial charge in [0.05, 0.1) is 24.5 Å². The first-order valence-corrected chi connectivity index (χ1v) is 8.48. The molecule has 1 amide bonds. The third-order valence-corrected chi connectivity index (χ3v) is 4.42. The number of aliphatic hydroxyl groups excluding tert-OH is 1. The highest BCUT2D eigenvalue weighted by atomic mass is 19.4. The van der Waals surface area contributed by atoms with Gasteiger partial charge in [0.15, 0.2) is 0 Å². The van der Waals surface area contributed by atoms with Gasteiger partial charge in [-0.1, -0.05) is 6.08 Å². The molecule has 1 N–H and O–H groups in total. The molecular weight excluding hydrogens is 359 g/mol. The number of rotatable bonds is 6. The van der Waals surface area contributed by atoms with Crippen molar-refractivity contribution in [2.24, 2.45) is 4.99 Å². The molecule has 8 heteroatoms. The number of amides is 1. The number of hydrogen-bond acceptors (Lipinski definition) is 4. The number of halogens is 3. The first-order chi connectivity index (χ1) is 12.7. The summed E-state index contributed by atoms with van der Waals surface area (Å²) in [5, 5.41) is 9.55. The summed E-state index contributed by atoms with van der Waals surface area (Å²) in [6, 6.07) is 0.924. The Kier molecular flexibility index (Phi) is 6.54. The average molecular weight is 381 g/mol. The van der Waals surface area contributed by atoms with Crippen molar-refractivity contribution < 1.29 is 23.1 Å². The van der Waals surface area contributed by atoms with Crippen LogP contribution in [0.25, 0.3) is 5.57 Å². The molecule has 0 saturated carbocycles. The van der Waals surface area contributed by atoms with Gasteiger partial charge in [-0.15, -0.1) is 0 Å². The molecule has 2 rings (SSSR count). The van der Waals surface area contributed by atoms with E-state index in [1.165, 1.54) is 6.92 Å². The molecule has 0 unspecified atom stereocenters. The maximum absolute atomic E-state index is 13.1. The standard InChI is InChI=1S/C19H22F3N3O2/c1-12(6-7-14(23-3)10-25-8-4-5-17(25)27)18-15(11-26)13(2)9-16(24-18)19(20,21)22/h6-7,9,26H,3-5,8,10-11H2,1-2H3/b12-6+,14-7-. The Morgan fingerprint density at radius 3 is 2.67 bits per heavy atom. The summed E-state index contributed by atoms with van der Waals surface area (Å²) in [6.45, 7) is 7.13. The Labute approximate surface area is 155 Å². The van der Waals surface area contributed by atoms with Crippen molar-refractivity contribution in [1.82, 2.24) is 9.88 Å².